The van der Waals surface area contributed by atoms with Gasteiger partial charge in [-0.3, -0.25) is 4.79 Å². The maximum atomic E-state index is 11.9. The van der Waals surface area contributed by atoms with Crippen LogP contribution in [0, 0.1) is 13.8 Å². The van der Waals surface area contributed by atoms with Crippen molar-refractivity contribution in [2.45, 2.75) is 32.3 Å². The van der Waals surface area contributed by atoms with Gasteiger partial charge >= 0.3 is 0 Å². The number of ether oxygens (including phenoxy) is 1. The average molecular weight is 292 g/mol. The van der Waals surface area contributed by atoms with Crippen molar-refractivity contribution in [1.29, 1.82) is 0 Å². The van der Waals surface area contributed by atoms with Crippen LogP contribution < -0.4 is 10.6 Å². The van der Waals surface area contributed by atoms with Gasteiger partial charge in [-0.15, -0.1) is 0 Å². The summed E-state index contributed by atoms with van der Waals surface area (Å²) in [5.41, 5.74) is 2.40. The molecule has 0 spiro atoms. The monoisotopic (exact) mass is 292 g/mol. The average Bonchev–Trinajstić information content (AvgIpc) is 2.45. The van der Waals surface area contributed by atoms with Crippen LogP contribution >= 0.6 is 0 Å². The molecule has 1 aromatic rings. The van der Waals surface area contributed by atoms with Crippen molar-refractivity contribution in [3.8, 4) is 0 Å². The van der Waals surface area contributed by atoms with Crippen molar-refractivity contribution < 1.29 is 14.6 Å². The van der Waals surface area contributed by atoms with Gasteiger partial charge in [-0.2, -0.15) is 0 Å². The van der Waals surface area contributed by atoms with Crippen LogP contribution in [0.15, 0.2) is 18.2 Å². The number of anilines is 1. The molecule has 0 aromatic heterocycles. The molecule has 5 heteroatoms. The molecule has 0 bridgehead atoms. The van der Waals surface area contributed by atoms with Crippen molar-refractivity contribution in [2.24, 2.45) is 0 Å². The van der Waals surface area contributed by atoms with E-state index in [1.165, 1.54) is 0 Å². The minimum absolute atomic E-state index is 0.113. The lowest BCUT2D eigenvalue weighted by Gasteiger charge is -2.32. The van der Waals surface area contributed by atoms with Gasteiger partial charge in [-0.1, -0.05) is 18.2 Å². The number of amides is 1. The van der Waals surface area contributed by atoms with Crippen molar-refractivity contribution in [3.05, 3.63) is 29.3 Å². The molecule has 1 heterocycles. The highest BCUT2D eigenvalue weighted by molar-refractivity contribution is 5.81. The van der Waals surface area contributed by atoms with Crippen molar-refractivity contribution in [1.82, 2.24) is 5.32 Å². The summed E-state index contributed by atoms with van der Waals surface area (Å²) in [5, 5.41) is 16.2. The molecule has 1 aliphatic heterocycles. The molecule has 116 valence electrons. The predicted molar refractivity (Wildman–Crippen MR) is 82.4 cm³/mol. The van der Waals surface area contributed by atoms with Crippen LogP contribution in [-0.2, 0) is 9.53 Å². The Morgan fingerprint density at radius 3 is 2.52 bits per heavy atom. The van der Waals surface area contributed by atoms with Crippen LogP contribution in [0.2, 0.25) is 0 Å². The lowest BCUT2D eigenvalue weighted by Crippen LogP contribution is -2.47. The number of hydrogen-bond donors (Lipinski definition) is 3. The first-order chi connectivity index (χ1) is 10.0. The summed E-state index contributed by atoms with van der Waals surface area (Å²) in [6, 6.07) is 6.02. The number of carbonyl (C=O) groups excluding carboxylic acids is 1. The van der Waals surface area contributed by atoms with E-state index in [0.29, 0.717) is 26.1 Å². The van der Waals surface area contributed by atoms with Gasteiger partial charge in [0.15, 0.2) is 0 Å². The lowest BCUT2D eigenvalue weighted by atomic mass is 9.94. The lowest BCUT2D eigenvalue weighted by molar-refractivity contribution is -0.122. The van der Waals surface area contributed by atoms with Gasteiger partial charge in [-0.25, -0.2) is 0 Å². The first-order valence-electron chi connectivity index (χ1n) is 7.37. The molecule has 0 unspecified atom stereocenters. The van der Waals surface area contributed by atoms with E-state index >= 15 is 0 Å². The highest BCUT2D eigenvalue weighted by Crippen LogP contribution is 2.20. The van der Waals surface area contributed by atoms with Crippen molar-refractivity contribution in [3.63, 3.8) is 0 Å². The second-order valence-electron chi connectivity index (χ2n) is 5.73. The van der Waals surface area contributed by atoms with E-state index in [4.69, 9.17) is 4.74 Å². The molecule has 0 radical (unpaired) electrons. The predicted octanol–water partition coefficient (Wildman–Crippen LogP) is 1.37. The molecule has 1 aromatic carbocycles. The number of aliphatic hydroxyl groups is 1. The number of aryl methyl sites for hydroxylation is 2. The maximum Gasteiger partial charge on any atom is 0.239 e. The molecule has 1 saturated heterocycles. The van der Waals surface area contributed by atoms with Crippen LogP contribution in [-0.4, -0.2) is 42.9 Å². The van der Waals surface area contributed by atoms with E-state index in [2.05, 4.69) is 10.6 Å². The first-order valence-corrected chi connectivity index (χ1v) is 7.37. The summed E-state index contributed by atoms with van der Waals surface area (Å²) < 4.78 is 5.22. The Hall–Kier alpha value is -1.59. The van der Waals surface area contributed by atoms with Gasteiger partial charge in [0.1, 0.15) is 0 Å². The maximum absolute atomic E-state index is 11.9. The van der Waals surface area contributed by atoms with E-state index in [-0.39, 0.29) is 19.0 Å². The first kappa shape index (κ1) is 15.8. The Bertz CT molecular complexity index is 476. The number of rotatable bonds is 5. The minimum atomic E-state index is -0.827. The third kappa shape index (κ3) is 4.44. The number of para-hydroxylation sites is 1. The van der Waals surface area contributed by atoms with Gasteiger partial charge < -0.3 is 20.5 Å². The highest BCUT2D eigenvalue weighted by Gasteiger charge is 2.29. The van der Waals surface area contributed by atoms with Gasteiger partial charge in [0.2, 0.25) is 5.91 Å². The molecule has 0 atom stereocenters. The third-order valence-corrected chi connectivity index (χ3v) is 3.94. The summed E-state index contributed by atoms with van der Waals surface area (Å²) in [4.78, 5) is 11.9. The van der Waals surface area contributed by atoms with Gasteiger partial charge in [-0.05, 0) is 25.0 Å². The summed E-state index contributed by atoms with van der Waals surface area (Å²) in [7, 11) is 0. The zero-order chi connectivity index (χ0) is 15.3. The Morgan fingerprint density at radius 2 is 1.90 bits per heavy atom. The number of benzene rings is 1. The number of hydrogen-bond acceptors (Lipinski definition) is 4. The third-order valence-electron chi connectivity index (χ3n) is 3.94. The van der Waals surface area contributed by atoms with Gasteiger partial charge in [0.25, 0.3) is 0 Å². The molecule has 3 N–H and O–H groups in total. The van der Waals surface area contributed by atoms with Gasteiger partial charge in [0, 0.05) is 38.3 Å². The normalized spacial score (nSPS) is 17.3. The quantitative estimate of drug-likeness (QED) is 0.766. The molecule has 1 amide bonds. The summed E-state index contributed by atoms with van der Waals surface area (Å²) in [5.74, 6) is -0.113. The number of carbonyl (C=O) groups is 1. The molecular formula is C16H24N2O3. The zero-order valence-corrected chi connectivity index (χ0v) is 12.7. The van der Waals surface area contributed by atoms with E-state index in [9.17, 15) is 9.90 Å². The summed E-state index contributed by atoms with van der Waals surface area (Å²) in [6.07, 6.45) is 1.13. The molecule has 1 aliphatic rings. The topological polar surface area (TPSA) is 70.6 Å². The SMILES string of the molecule is Cc1cccc(C)c1NCC(=O)NCC1(O)CCOCC1. The van der Waals surface area contributed by atoms with Crippen LogP contribution in [0.5, 0.6) is 0 Å². The molecule has 2 rings (SSSR count). The Balaban J connectivity index is 1.80. The van der Waals surface area contributed by atoms with Crippen LogP contribution in [0.4, 0.5) is 5.69 Å². The van der Waals surface area contributed by atoms with E-state index in [0.717, 1.165) is 16.8 Å². The fourth-order valence-corrected chi connectivity index (χ4v) is 2.52. The largest absolute Gasteiger partial charge is 0.388 e. The molecule has 1 fully saturated rings. The van der Waals surface area contributed by atoms with Gasteiger partial charge in [0.05, 0.1) is 12.1 Å². The van der Waals surface area contributed by atoms with Crippen LogP contribution in [0.25, 0.3) is 0 Å². The summed E-state index contributed by atoms with van der Waals surface area (Å²) >= 11 is 0. The molecular weight excluding hydrogens is 268 g/mol. The van der Waals surface area contributed by atoms with E-state index in [1.807, 2.05) is 32.0 Å². The Labute approximate surface area is 125 Å². The Morgan fingerprint density at radius 1 is 1.29 bits per heavy atom. The van der Waals surface area contributed by atoms with E-state index < -0.39 is 5.60 Å². The molecule has 5 nitrogen and oxygen atoms in total. The smallest absolute Gasteiger partial charge is 0.239 e. The second kappa shape index (κ2) is 6.91. The minimum Gasteiger partial charge on any atom is -0.388 e. The van der Waals surface area contributed by atoms with Crippen molar-refractivity contribution in [2.75, 3.05) is 31.6 Å². The Kier molecular flexibility index (Phi) is 5.20. The molecule has 0 aliphatic carbocycles. The summed E-state index contributed by atoms with van der Waals surface area (Å²) in [6.45, 7) is 5.61. The molecule has 21 heavy (non-hydrogen) atoms. The fraction of sp³-hybridized carbons (Fsp3) is 0.562. The molecule has 0 saturated carbocycles. The zero-order valence-electron chi connectivity index (χ0n) is 12.7. The van der Waals surface area contributed by atoms with Crippen LogP contribution in [0.1, 0.15) is 24.0 Å². The van der Waals surface area contributed by atoms with E-state index in [1.54, 1.807) is 0 Å². The van der Waals surface area contributed by atoms with Crippen LogP contribution in [0.3, 0.4) is 0 Å². The second-order valence-corrected chi connectivity index (χ2v) is 5.73. The number of nitrogens with one attached hydrogen (secondary N) is 2. The standard InChI is InChI=1S/C16H24N2O3/c1-12-4-3-5-13(2)15(12)17-10-14(19)18-11-16(20)6-8-21-9-7-16/h3-5,17,20H,6-11H2,1-2H3,(H,18,19). The fourth-order valence-electron chi connectivity index (χ4n) is 2.52. The van der Waals surface area contributed by atoms with Crippen molar-refractivity contribution >= 4 is 11.6 Å². The highest BCUT2D eigenvalue weighted by atomic mass is 16.5.